The molecule has 288 valence electrons. The van der Waals surface area contributed by atoms with Crippen molar-refractivity contribution in [1.29, 1.82) is 0 Å². The lowest BCUT2D eigenvalue weighted by molar-refractivity contribution is -0.130. The van der Waals surface area contributed by atoms with Gasteiger partial charge in [-0.15, -0.1) is 0 Å². The molecule has 0 radical (unpaired) electrons. The van der Waals surface area contributed by atoms with Crippen LogP contribution in [0, 0.1) is 18.8 Å². The number of aromatic nitrogens is 5. The van der Waals surface area contributed by atoms with Crippen molar-refractivity contribution in [3.8, 4) is 5.75 Å². The summed E-state index contributed by atoms with van der Waals surface area (Å²) in [6, 6.07) is 16.6. The van der Waals surface area contributed by atoms with Gasteiger partial charge in [-0.25, -0.2) is 14.6 Å². The zero-order valence-electron chi connectivity index (χ0n) is 31.6. The van der Waals surface area contributed by atoms with Crippen LogP contribution in [-0.4, -0.2) is 73.3 Å². The normalized spacial score (nSPS) is 20.0. The van der Waals surface area contributed by atoms with Gasteiger partial charge in [0, 0.05) is 19.0 Å². The van der Waals surface area contributed by atoms with Gasteiger partial charge in [-0.2, -0.15) is 5.10 Å². The summed E-state index contributed by atoms with van der Waals surface area (Å²) in [7, 11) is 0. The molecule has 0 unspecified atom stereocenters. The highest BCUT2D eigenvalue weighted by molar-refractivity contribution is 6.04. The number of amides is 4. The second-order valence-electron chi connectivity index (χ2n) is 14.6. The Hall–Kier alpha value is -6.12. The van der Waals surface area contributed by atoms with E-state index in [0.29, 0.717) is 29.2 Å². The molecular weight excluding hydrogens is 702 g/mol. The molecule has 0 saturated heterocycles. The maximum Gasteiger partial charge on any atom is 0.291 e. The van der Waals surface area contributed by atoms with Crippen LogP contribution in [0.25, 0.3) is 11.0 Å². The summed E-state index contributed by atoms with van der Waals surface area (Å²) in [4.78, 5) is 64.6. The van der Waals surface area contributed by atoms with Gasteiger partial charge >= 0.3 is 0 Å². The maximum absolute atomic E-state index is 14.3. The number of carbonyl (C=O) groups is 4. The number of nitrogens with zero attached hydrogens (tertiary/aromatic N) is 5. The zero-order valence-corrected chi connectivity index (χ0v) is 31.6. The molecule has 3 aromatic heterocycles. The average molecular weight is 750 g/mol. The smallest absolute Gasteiger partial charge is 0.291 e. The van der Waals surface area contributed by atoms with Gasteiger partial charge in [0.15, 0.2) is 5.82 Å². The number of hydrogen-bond donors (Lipinski definition) is 4. The van der Waals surface area contributed by atoms with E-state index in [2.05, 4.69) is 55.3 Å². The second kappa shape index (κ2) is 17.3. The van der Waals surface area contributed by atoms with Crippen molar-refractivity contribution in [1.82, 2.24) is 46.2 Å². The first kappa shape index (κ1) is 38.6. The van der Waals surface area contributed by atoms with E-state index in [1.54, 1.807) is 43.3 Å². The Kier molecular flexibility index (Phi) is 12.2. The van der Waals surface area contributed by atoms with Crippen molar-refractivity contribution in [2.75, 3.05) is 6.61 Å². The first-order valence-corrected chi connectivity index (χ1v) is 18.5. The molecule has 2 bridgehead atoms. The van der Waals surface area contributed by atoms with Crippen LogP contribution in [-0.2, 0) is 33.8 Å². The Bertz CT molecular complexity index is 2110. The zero-order chi connectivity index (χ0) is 39.1. The lowest BCUT2D eigenvalue weighted by Crippen LogP contribution is -2.55. The monoisotopic (exact) mass is 749 g/mol. The third kappa shape index (κ3) is 9.90. The van der Waals surface area contributed by atoms with Crippen LogP contribution < -0.4 is 26.0 Å². The lowest BCUT2D eigenvalue weighted by atomic mass is 10.00. The van der Waals surface area contributed by atoms with Crippen LogP contribution >= 0.6 is 0 Å². The van der Waals surface area contributed by atoms with Gasteiger partial charge in [-0.05, 0) is 60.6 Å². The number of carbonyl (C=O) groups excluding carboxylic acids is 4. The first-order valence-electron chi connectivity index (χ1n) is 18.5. The van der Waals surface area contributed by atoms with Crippen molar-refractivity contribution >= 4 is 34.7 Å². The van der Waals surface area contributed by atoms with E-state index in [9.17, 15) is 19.2 Å². The topological polar surface area (TPSA) is 195 Å². The SMILES string of the molecule is Cc1nc2n(n1)CC(=O)N[C@@H](CC(C)C)COc1ccc(cc1)C[C@H](NC(=O)c1onc3ncccc13)C(=O)N[C@@H](Cc1ccccc1)C(=O)N[C@H]2C(C)C. The molecule has 4 atom stereocenters. The van der Waals surface area contributed by atoms with Crippen LogP contribution in [0.2, 0.25) is 0 Å². The predicted octanol–water partition coefficient (Wildman–Crippen LogP) is 3.63. The molecular formula is C40H47N9O6. The summed E-state index contributed by atoms with van der Waals surface area (Å²) in [6.07, 6.45) is 2.44. The van der Waals surface area contributed by atoms with Crippen molar-refractivity contribution in [2.45, 2.75) is 84.6 Å². The van der Waals surface area contributed by atoms with Crippen LogP contribution in [0.5, 0.6) is 5.75 Å². The van der Waals surface area contributed by atoms with Crippen LogP contribution in [0.15, 0.2) is 77.4 Å². The van der Waals surface area contributed by atoms with E-state index in [1.807, 2.05) is 44.2 Å². The lowest BCUT2D eigenvalue weighted by Gasteiger charge is -2.27. The molecule has 4 amide bonds. The number of pyridine rings is 1. The van der Waals surface area contributed by atoms with Gasteiger partial charge < -0.3 is 30.5 Å². The number of aryl methyl sites for hydroxylation is 1. The molecule has 0 saturated carbocycles. The quantitative estimate of drug-likeness (QED) is 0.191. The molecule has 5 heterocycles. The molecule has 15 heteroatoms. The summed E-state index contributed by atoms with van der Waals surface area (Å²) in [5, 5.41) is 20.7. The maximum atomic E-state index is 14.3. The molecule has 15 nitrogen and oxygen atoms in total. The number of ether oxygens (including phenoxy) is 1. The molecule has 2 aromatic carbocycles. The first-order chi connectivity index (χ1) is 26.4. The Morgan fingerprint density at radius 2 is 1.71 bits per heavy atom. The highest BCUT2D eigenvalue weighted by Gasteiger charge is 2.33. The largest absolute Gasteiger partial charge is 0.491 e. The van der Waals surface area contributed by atoms with Gasteiger partial charge in [0.25, 0.3) is 5.91 Å². The summed E-state index contributed by atoms with van der Waals surface area (Å²) >= 11 is 0. The minimum absolute atomic E-state index is 0.0743. The molecule has 0 spiro atoms. The Morgan fingerprint density at radius 3 is 2.44 bits per heavy atom. The van der Waals surface area contributed by atoms with Crippen LogP contribution in [0.1, 0.15) is 73.5 Å². The highest BCUT2D eigenvalue weighted by atomic mass is 16.5. The second-order valence-corrected chi connectivity index (χ2v) is 14.6. The summed E-state index contributed by atoms with van der Waals surface area (Å²) in [5.74, 6) is -0.569. The third-order valence-electron chi connectivity index (χ3n) is 9.28. The standard InChI is InChI=1S/C40H47N9O6/c1-23(2)18-28-22-54-29-15-13-27(14-16-29)20-31(45-40(53)35-30-12-9-17-41-36(30)48-55-35)38(51)44-32(19-26-10-7-6-8-11-26)39(52)46-34(24(3)4)37-42-25(5)47-49(37)21-33(50)43-28/h6-17,23-24,28,31-32,34H,18-22H2,1-5H3,(H,43,50)(H,44,51)(H,45,53)(H,46,52)/t28-,31-,32-,34-/m0/s1. The Labute approximate surface area is 319 Å². The predicted molar refractivity (Wildman–Crippen MR) is 203 cm³/mol. The van der Waals surface area contributed by atoms with Crippen molar-refractivity contribution < 1.29 is 28.4 Å². The van der Waals surface area contributed by atoms with Gasteiger partial charge in [0.05, 0.1) is 17.5 Å². The molecule has 2 aliphatic rings. The van der Waals surface area contributed by atoms with Gasteiger partial charge in [0.1, 0.15) is 36.8 Å². The molecule has 5 aromatic rings. The Morgan fingerprint density at radius 1 is 0.945 bits per heavy atom. The minimum Gasteiger partial charge on any atom is -0.491 e. The number of nitrogens with one attached hydrogen (secondary N) is 4. The number of benzene rings is 2. The molecule has 55 heavy (non-hydrogen) atoms. The molecule has 2 aliphatic heterocycles. The van der Waals surface area contributed by atoms with Gasteiger partial charge in [-0.1, -0.05) is 75.3 Å². The Balaban J connectivity index is 1.37. The third-order valence-corrected chi connectivity index (χ3v) is 9.28. The van der Waals surface area contributed by atoms with E-state index in [4.69, 9.17) is 9.26 Å². The fraction of sp³-hybridized carbons (Fsp3) is 0.400. The van der Waals surface area contributed by atoms with Crippen molar-refractivity contribution in [3.05, 3.63) is 101 Å². The number of rotatable bonds is 7. The van der Waals surface area contributed by atoms with E-state index >= 15 is 0 Å². The number of hydrogen-bond acceptors (Lipinski definition) is 10. The van der Waals surface area contributed by atoms with Crippen molar-refractivity contribution in [2.24, 2.45) is 11.8 Å². The van der Waals surface area contributed by atoms with Crippen LogP contribution in [0.4, 0.5) is 0 Å². The molecule has 0 aliphatic carbocycles. The minimum atomic E-state index is -1.13. The average Bonchev–Trinajstić information content (AvgIpc) is 3.75. The number of fused-ring (bicyclic) bond motifs is 15. The summed E-state index contributed by atoms with van der Waals surface area (Å²) in [5.41, 5.74) is 1.78. The van der Waals surface area contributed by atoms with Crippen molar-refractivity contribution in [3.63, 3.8) is 0 Å². The molecule has 0 fully saturated rings. The van der Waals surface area contributed by atoms with E-state index < -0.39 is 35.8 Å². The molecule has 4 N–H and O–H groups in total. The summed E-state index contributed by atoms with van der Waals surface area (Å²) in [6.45, 7) is 9.83. The van der Waals surface area contributed by atoms with E-state index in [1.165, 1.54) is 10.9 Å². The fourth-order valence-electron chi connectivity index (χ4n) is 6.62. The van der Waals surface area contributed by atoms with E-state index in [-0.39, 0.29) is 61.2 Å². The van der Waals surface area contributed by atoms with Gasteiger partial charge in [-0.3, -0.25) is 19.2 Å². The van der Waals surface area contributed by atoms with Gasteiger partial charge in [0.2, 0.25) is 29.1 Å². The van der Waals surface area contributed by atoms with E-state index in [0.717, 1.165) is 11.1 Å². The molecule has 7 rings (SSSR count). The van der Waals surface area contributed by atoms with Crippen LogP contribution in [0.3, 0.4) is 0 Å². The summed E-state index contributed by atoms with van der Waals surface area (Å²) < 4.78 is 13.0. The highest BCUT2D eigenvalue weighted by Crippen LogP contribution is 2.22. The fourth-order valence-corrected chi connectivity index (χ4v) is 6.62.